The Hall–Kier alpha value is -2.37. The number of rotatable bonds is 6. The van der Waals surface area contributed by atoms with E-state index in [0.717, 1.165) is 12.8 Å². The molecule has 3 amide bonds. The van der Waals surface area contributed by atoms with Crippen LogP contribution in [0.3, 0.4) is 0 Å². The topological polar surface area (TPSA) is 108 Å². The summed E-state index contributed by atoms with van der Waals surface area (Å²) in [6.45, 7) is 4.57. The molecule has 0 radical (unpaired) electrons. The number of hydrogen-bond acceptors (Lipinski definition) is 7. The first-order valence-electron chi connectivity index (χ1n) is 10.6. The molecule has 1 N–H and O–H groups in total. The third-order valence-electron chi connectivity index (χ3n) is 5.71. The van der Waals surface area contributed by atoms with Gasteiger partial charge in [0.1, 0.15) is 6.04 Å². The van der Waals surface area contributed by atoms with E-state index in [1.54, 1.807) is 6.07 Å². The molecule has 0 bridgehead atoms. The van der Waals surface area contributed by atoms with Gasteiger partial charge in [-0.2, -0.15) is 4.31 Å². The number of sulfonamides is 1. The number of ether oxygens (including phenoxy) is 2. The maximum atomic E-state index is 13.1. The summed E-state index contributed by atoms with van der Waals surface area (Å²) >= 11 is 0. The normalized spacial score (nSPS) is 23.0. The summed E-state index contributed by atoms with van der Waals surface area (Å²) in [5, 5.41) is 2.71. The summed E-state index contributed by atoms with van der Waals surface area (Å²) in [7, 11) is -3.68. The van der Waals surface area contributed by atoms with Gasteiger partial charge >= 0.3 is 6.03 Å². The molecule has 0 spiro atoms. The Labute approximate surface area is 182 Å². The molecule has 1 atom stereocenters. The average Bonchev–Trinajstić information content (AvgIpc) is 2.93. The zero-order valence-electron chi connectivity index (χ0n) is 17.6. The minimum Gasteiger partial charge on any atom is -0.490 e. The van der Waals surface area contributed by atoms with Gasteiger partial charge in [0.25, 0.3) is 5.91 Å². The number of benzene rings is 1. The number of amides is 3. The first-order valence-corrected chi connectivity index (χ1v) is 12.1. The van der Waals surface area contributed by atoms with E-state index in [9.17, 15) is 18.0 Å². The van der Waals surface area contributed by atoms with Crippen molar-refractivity contribution in [1.29, 1.82) is 0 Å². The first-order chi connectivity index (χ1) is 14.9. The number of fused-ring (bicyclic) bond motifs is 1. The zero-order chi connectivity index (χ0) is 22.0. The van der Waals surface area contributed by atoms with Crippen LogP contribution in [0.1, 0.15) is 26.2 Å². The van der Waals surface area contributed by atoms with E-state index in [0.29, 0.717) is 44.2 Å². The van der Waals surface area contributed by atoms with Crippen molar-refractivity contribution in [3.8, 4) is 11.5 Å². The lowest BCUT2D eigenvalue weighted by molar-refractivity contribution is -0.129. The van der Waals surface area contributed by atoms with Crippen molar-refractivity contribution < 1.29 is 27.5 Å². The summed E-state index contributed by atoms with van der Waals surface area (Å²) in [6.07, 6.45) is 2.17. The monoisotopic (exact) mass is 452 g/mol. The van der Waals surface area contributed by atoms with Gasteiger partial charge in [0.15, 0.2) is 11.5 Å². The summed E-state index contributed by atoms with van der Waals surface area (Å²) in [4.78, 5) is 27.9. The number of imide groups is 1. The number of nitrogens with one attached hydrogen (secondary N) is 1. The number of carbonyl (C=O) groups is 2. The van der Waals surface area contributed by atoms with Crippen molar-refractivity contribution in [1.82, 2.24) is 19.4 Å². The van der Waals surface area contributed by atoms with Crippen molar-refractivity contribution in [2.24, 2.45) is 0 Å². The van der Waals surface area contributed by atoms with E-state index in [2.05, 4.69) is 5.32 Å². The number of hydrogen-bond donors (Lipinski definition) is 1. The van der Waals surface area contributed by atoms with Gasteiger partial charge in [0, 0.05) is 38.7 Å². The van der Waals surface area contributed by atoms with Crippen LogP contribution in [0.25, 0.3) is 0 Å². The van der Waals surface area contributed by atoms with Crippen molar-refractivity contribution >= 4 is 22.0 Å². The smallest absolute Gasteiger partial charge is 0.325 e. The molecule has 3 aliphatic rings. The quantitative estimate of drug-likeness (QED) is 0.637. The van der Waals surface area contributed by atoms with Gasteiger partial charge in [0.05, 0.1) is 24.8 Å². The van der Waals surface area contributed by atoms with Crippen LogP contribution in [0.5, 0.6) is 11.5 Å². The van der Waals surface area contributed by atoms with Crippen molar-refractivity contribution in [3.05, 3.63) is 18.2 Å². The van der Waals surface area contributed by atoms with Crippen LogP contribution >= 0.6 is 0 Å². The highest BCUT2D eigenvalue weighted by Crippen LogP contribution is 2.33. The Kier molecular flexibility index (Phi) is 6.35. The van der Waals surface area contributed by atoms with Crippen molar-refractivity contribution in [2.45, 2.75) is 37.1 Å². The average molecular weight is 453 g/mol. The second-order valence-corrected chi connectivity index (χ2v) is 9.82. The Bertz CT molecular complexity index is 945. The molecule has 10 nitrogen and oxygen atoms in total. The zero-order valence-corrected chi connectivity index (χ0v) is 18.4. The molecule has 0 saturated carbocycles. The van der Waals surface area contributed by atoms with Gasteiger partial charge in [0.2, 0.25) is 10.0 Å². The Balaban J connectivity index is 1.38. The van der Waals surface area contributed by atoms with Gasteiger partial charge in [-0.15, -0.1) is 0 Å². The molecule has 0 aliphatic carbocycles. The molecule has 2 fully saturated rings. The lowest BCUT2D eigenvalue weighted by Gasteiger charge is -2.35. The number of nitrogens with zero attached hydrogens (tertiary/aromatic N) is 3. The molecule has 31 heavy (non-hydrogen) atoms. The Morgan fingerprint density at radius 1 is 1.06 bits per heavy atom. The second-order valence-electron chi connectivity index (χ2n) is 7.88. The highest BCUT2D eigenvalue weighted by molar-refractivity contribution is 7.89. The fourth-order valence-electron chi connectivity index (χ4n) is 3.96. The SMILES string of the molecule is CCCC1NC(=O)N(CN2CCN(S(=O)(=O)c3ccc4c(c3)OCCCO4)CC2)C1=O. The van der Waals surface area contributed by atoms with E-state index >= 15 is 0 Å². The number of urea groups is 1. The van der Waals surface area contributed by atoms with Gasteiger partial charge in [-0.3, -0.25) is 9.69 Å². The summed E-state index contributed by atoms with van der Waals surface area (Å²) in [5.74, 6) is 0.780. The predicted molar refractivity (Wildman–Crippen MR) is 111 cm³/mol. The highest BCUT2D eigenvalue weighted by atomic mass is 32.2. The van der Waals surface area contributed by atoms with E-state index in [1.807, 2.05) is 11.8 Å². The van der Waals surface area contributed by atoms with Crippen LogP contribution < -0.4 is 14.8 Å². The maximum absolute atomic E-state index is 13.1. The molecular weight excluding hydrogens is 424 g/mol. The van der Waals surface area contributed by atoms with Crippen molar-refractivity contribution in [2.75, 3.05) is 46.1 Å². The number of carbonyl (C=O) groups excluding carboxylic acids is 2. The molecule has 1 aromatic rings. The molecule has 0 aromatic heterocycles. The summed E-state index contributed by atoms with van der Waals surface area (Å²) in [6, 6.07) is 3.85. The lowest BCUT2D eigenvalue weighted by Crippen LogP contribution is -2.52. The van der Waals surface area contributed by atoms with Crippen LogP contribution in [0, 0.1) is 0 Å². The van der Waals surface area contributed by atoms with Gasteiger partial charge < -0.3 is 14.8 Å². The molecule has 170 valence electrons. The molecule has 2 saturated heterocycles. The molecular formula is C20H28N4O6S. The Morgan fingerprint density at radius 3 is 2.48 bits per heavy atom. The molecule has 3 aliphatic heterocycles. The van der Waals surface area contributed by atoms with Crippen LogP contribution in [0.15, 0.2) is 23.1 Å². The summed E-state index contributed by atoms with van der Waals surface area (Å²) in [5.41, 5.74) is 0. The van der Waals surface area contributed by atoms with Crippen molar-refractivity contribution in [3.63, 3.8) is 0 Å². The largest absolute Gasteiger partial charge is 0.490 e. The minimum absolute atomic E-state index is 0.168. The van der Waals surface area contributed by atoms with E-state index < -0.39 is 16.1 Å². The molecule has 3 heterocycles. The molecule has 4 rings (SSSR count). The van der Waals surface area contributed by atoms with E-state index in [4.69, 9.17) is 9.47 Å². The van der Waals surface area contributed by atoms with Crippen LogP contribution in [0.2, 0.25) is 0 Å². The van der Waals surface area contributed by atoms with Crippen LogP contribution in [0.4, 0.5) is 4.79 Å². The minimum atomic E-state index is -3.68. The first kappa shape index (κ1) is 21.8. The van der Waals surface area contributed by atoms with Crippen LogP contribution in [-0.2, 0) is 14.8 Å². The fraction of sp³-hybridized carbons (Fsp3) is 0.600. The van der Waals surface area contributed by atoms with Gasteiger partial charge in [-0.1, -0.05) is 13.3 Å². The van der Waals surface area contributed by atoms with Gasteiger partial charge in [-0.25, -0.2) is 18.1 Å². The second kappa shape index (κ2) is 9.01. The van der Waals surface area contributed by atoms with E-state index in [-0.39, 0.29) is 36.6 Å². The Morgan fingerprint density at radius 2 is 1.77 bits per heavy atom. The predicted octanol–water partition coefficient (Wildman–Crippen LogP) is 0.832. The van der Waals surface area contributed by atoms with Gasteiger partial charge in [-0.05, 0) is 18.6 Å². The maximum Gasteiger partial charge on any atom is 0.325 e. The molecule has 1 aromatic carbocycles. The lowest BCUT2D eigenvalue weighted by atomic mass is 10.2. The highest BCUT2D eigenvalue weighted by Gasteiger charge is 2.39. The van der Waals surface area contributed by atoms with E-state index in [1.165, 1.54) is 21.3 Å². The fourth-order valence-corrected chi connectivity index (χ4v) is 5.40. The molecule has 1 unspecified atom stereocenters. The number of piperazine rings is 1. The molecule has 11 heteroatoms. The standard InChI is InChI=1S/C20H28N4O6S/c1-2-4-16-19(25)24(20(26)21-16)14-22-7-9-23(10-8-22)31(27,28)15-5-6-17-18(13-15)30-12-3-11-29-17/h5-6,13,16H,2-4,7-12,14H2,1H3,(H,21,26). The summed E-state index contributed by atoms with van der Waals surface area (Å²) < 4.78 is 38.8. The third-order valence-corrected chi connectivity index (χ3v) is 7.61. The third kappa shape index (κ3) is 4.48. The van der Waals surface area contributed by atoms with Crippen LogP contribution in [-0.4, -0.2) is 86.6 Å².